The first-order chi connectivity index (χ1) is 5.24. The zero-order valence-corrected chi connectivity index (χ0v) is 6.15. The Kier molecular flexibility index (Phi) is 2.28. The highest BCUT2D eigenvalue weighted by Crippen LogP contribution is 2.07. The summed E-state index contributed by atoms with van der Waals surface area (Å²) in [5.74, 6) is 0.0381. The number of hydrogen-bond acceptors (Lipinski definition) is 4. The predicted octanol–water partition coefficient (Wildman–Crippen LogP) is 1.16. The molecule has 0 radical (unpaired) electrons. The normalized spacial score (nSPS) is 11.5. The zero-order chi connectivity index (χ0) is 8.27. The van der Waals surface area contributed by atoms with Crippen LogP contribution in [0.2, 0.25) is 0 Å². The minimum atomic E-state index is -0.106. The van der Waals surface area contributed by atoms with Crippen molar-refractivity contribution in [3.05, 3.63) is 24.0 Å². The van der Waals surface area contributed by atoms with Gasteiger partial charge in [-0.3, -0.25) is 0 Å². The molecule has 1 aromatic rings. The second kappa shape index (κ2) is 3.21. The first-order valence-corrected chi connectivity index (χ1v) is 3.15. The van der Waals surface area contributed by atoms with Crippen LogP contribution in [0.25, 0.3) is 0 Å². The summed E-state index contributed by atoms with van der Waals surface area (Å²) >= 11 is 5.40. The Labute approximate surface area is 67.8 Å². The first kappa shape index (κ1) is 7.81. The van der Waals surface area contributed by atoms with Gasteiger partial charge in [0, 0.05) is 0 Å². The van der Waals surface area contributed by atoms with E-state index in [2.05, 4.69) is 10.1 Å². The molecule has 2 N–H and O–H groups in total. The molecule has 1 rings (SSSR count). The lowest BCUT2D eigenvalue weighted by molar-refractivity contribution is 0.320. The average molecular weight is 173 g/mol. The average Bonchev–Trinajstić information content (AvgIpc) is 2.05. The van der Waals surface area contributed by atoms with Crippen molar-refractivity contribution in [3.8, 4) is 5.75 Å². The van der Waals surface area contributed by atoms with Crippen molar-refractivity contribution in [2.45, 2.75) is 0 Å². The van der Waals surface area contributed by atoms with Gasteiger partial charge < -0.3 is 10.3 Å². The second-order valence-electron chi connectivity index (χ2n) is 1.79. The van der Waals surface area contributed by atoms with Gasteiger partial charge in [-0.2, -0.15) is 0 Å². The lowest BCUT2D eigenvalue weighted by Crippen LogP contribution is -1.93. The van der Waals surface area contributed by atoms with Gasteiger partial charge in [-0.15, -0.1) is 0 Å². The highest BCUT2D eigenvalue weighted by atomic mass is 35.5. The maximum atomic E-state index is 8.80. The van der Waals surface area contributed by atoms with E-state index in [1.807, 2.05) is 0 Å². The van der Waals surface area contributed by atoms with Crippen LogP contribution in [0.1, 0.15) is 5.69 Å². The number of aromatic hydroxyl groups is 1. The van der Waals surface area contributed by atoms with Crippen molar-refractivity contribution >= 4 is 16.8 Å². The van der Waals surface area contributed by atoms with Crippen LogP contribution in [0, 0.1) is 0 Å². The van der Waals surface area contributed by atoms with Crippen molar-refractivity contribution in [1.29, 1.82) is 0 Å². The van der Waals surface area contributed by atoms with E-state index in [1.54, 1.807) is 0 Å². The third-order valence-electron chi connectivity index (χ3n) is 1.05. The van der Waals surface area contributed by atoms with E-state index in [0.717, 1.165) is 0 Å². The Bertz CT molecular complexity index is 270. The number of nitrogens with zero attached hydrogens (tertiary/aromatic N) is 2. The molecule has 1 aromatic heterocycles. The van der Waals surface area contributed by atoms with Crippen LogP contribution in [0.4, 0.5) is 0 Å². The fourth-order valence-electron chi connectivity index (χ4n) is 0.559. The summed E-state index contributed by atoms with van der Waals surface area (Å²) in [7, 11) is 0. The molecule has 0 amide bonds. The number of rotatable bonds is 1. The molecular weight excluding hydrogens is 168 g/mol. The number of aromatic nitrogens is 1. The molecule has 0 saturated carbocycles. The molecular formula is C6H5ClN2O2. The van der Waals surface area contributed by atoms with Crippen LogP contribution in [0.5, 0.6) is 5.75 Å². The maximum Gasteiger partial charge on any atom is 0.193 e. The fraction of sp³-hybridized carbons (Fsp3) is 0. The highest BCUT2D eigenvalue weighted by molar-refractivity contribution is 6.69. The predicted molar refractivity (Wildman–Crippen MR) is 40.1 cm³/mol. The summed E-state index contributed by atoms with van der Waals surface area (Å²) in [5, 5.41) is 19.6. The van der Waals surface area contributed by atoms with E-state index in [-0.39, 0.29) is 10.9 Å². The van der Waals surface area contributed by atoms with Crippen LogP contribution < -0.4 is 0 Å². The Balaban J connectivity index is 2.99. The zero-order valence-electron chi connectivity index (χ0n) is 5.40. The van der Waals surface area contributed by atoms with E-state index in [9.17, 15) is 0 Å². The van der Waals surface area contributed by atoms with E-state index in [4.69, 9.17) is 21.9 Å². The minimum absolute atomic E-state index is 0.0381. The Morgan fingerprint density at radius 3 is 2.73 bits per heavy atom. The quantitative estimate of drug-likeness (QED) is 0.380. The van der Waals surface area contributed by atoms with Gasteiger partial charge in [0.05, 0.1) is 6.20 Å². The second-order valence-corrected chi connectivity index (χ2v) is 2.15. The van der Waals surface area contributed by atoms with Gasteiger partial charge in [0.2, 0.25) is 0 Å². The number of hydrogen-bond donors (Lipinski definition) is 2. The highest BCUT2D eigenvalue weighted by Gasteiger charge is 2.00. The molecule has 1 heterocycles. The van der Waals surface area contributed by atoms with Gasteiger partial charge in [0.25, 0.3) is 0 Å². The van der Waals surface area contributed by atoms with Crippen molar-refractivity contribution in [3.63, 3.8) is 0 Å². The summed E-state index contributed by atoms with van der Waals surface area (Å²) in [6, 6.07) is 2.84. The largest absolute Gasteiger partial charge is 0.506 e. The molecule has 0 aliphatic carbocycles. The van der Waals surface area contributed by atoms with Gasteiger partial charge in [-0.05, 0) is 12.1 Å². The molecule has 0 aliphatic rings. The number of pyridine rings is 1. The Morgan fingerprint density at radius 2 is 2.27 bits per heavy atom. The summed E-state index contributed by atoms with van der Waals surface area (Å²) in [4.78, 5) is 3.68. The van der Waals surface area contributed by atoms with Crippen LogP contribution in [0.15, 0.2) is 23.5 Å². The van der Waals surface area contributed by atoms with Crippen molar-refractivity contribution < 1.29 is 10.3 Å². The third-order valence-corrected chi connectivity index (χ3v) is 1.32. The van der Waals surface area contributed by atoms with Gasteiger partial charge in [-0.1, -0.05) is 16.8 Å². The van der Waals surface area contributed by atoms with Crippen LogP contribution in [0.3, 0.4) is 0 Å². The fourth-order valence-corrected chi connectivity index (χ4v) is 0.671. The molecule has 58 valence electrons. The summed E-state index contributed by atoms with van der Waals surface area (Å²) < 4.78 is 0. The number of halogens is 1. The van der Waals surface area contributed by atoms with Gasteiger partial charge >= 0.3 is 0 Å². The monoisotopic (exact) mass is 172 g/mol. The first-order valence-electron chi connectivity index (χ1n) is 2.77. The topological polar surface area (TPSA) is 65.7 Å². The standard InChI is InChI=1S/C6H5ClN2O2/c7-6(9-11)5-2-1-4(10)3-8-5/h1-3,10-11H. The van der Waals surface area contributed by atoms with Crippen molar-refractivity contribution in [2.75, 3.05) is 0 Å². The van der Waals surface area contributed by atoms with Crippen LogP contribution in [-0.4, -0.2) is 20.5 Å². The van der Waals surface area contributed by atoms with Gasteiger partial charge in [0.1, 0.15) is 11.4 Å². The SMILES string of the molecule is ON=C(Cl)c1ccc(O)cn1. The molecule has 0 atom stereocenters. The van der Waals surface area contributed by atoms with Crippen molar-refractivity contribution in [1.82, 2.24) is 4.98 Å². The molecule has 11 heavy (non-hydrogen) atoms. The van der Waals surface area contributed by atoms with E-state index >= 15 is 0 Å². The van der Waals surface area contributed by atoms with Crippen LogP contribution in [-0.2, 0) is 0 Å². The lowest BCUT2D eigenvalue weighted by atomic mass is 10.3. The molecule has 0 unspecified atom stereocenters. The van der Waals surface area contributed by atoms with E-state index in [0.29, 0.717) is 5.69 Å². The molecule has 0 fully saturated rings. The van der Waals surface area contributed by atoms with E-state index < -0.39 is 0 Å². The summed E-state index contributed by atoms with van der Waals surface area (Å²) in [6.07, 6.45) is 1.21. The van der Waals surface area contributed by atoms with Gasteiger partial charge in [0.15, 0.2) is 5.17 Å². The molecule has 0 bridgehead atoms. The molecule has 0 aromatic carbocycles. The summed E-state index contributed by atoms with van der Waals surface area (Å²) in [5.41, 5.74) is 0.312. The third kappa shape index (κ3) is 1.81. The minimum Gasteiger partial charge on any atom is -0.506 e. The lowest BCUT2D eigenvalue weighted by Gasteiger charge is -1.93. The molecule has 4 nitrogen and oxygen atoms in total. The van der Waals surface area contributed by atoms with Gasteiger partial charge in [-0.25, -0.2) is 4.98 Å². The molecule has 0 spiro atoms. The smallest absolute Gasteiger partial charge is 0.193 e. The number of oxime groups is 1. The van der Waals surface area contributed by atoms with Crippen molar-refractivity contribution in [2.24, 2.45) is 5.16 Å². The molecule has 0 saturated heterocycles. The maximum absolute atomic E-state index is 8.80. The Hall–Kier alpha value is -1.29. The molecule has 0 aliphatic heterocycles. The van der Waals surface area contributed by atoms with E-state index in [1.165, 1.54) is 18.3 Å². The van der Waals surface area contributed by atoms with Crippen LogP contribution >= 0.6 is 11.6 Å². The Morgan fingerprint density at radius 1 is 1.55 bits per heavy atom. The summed E-state index contributed by atoms with van der Waals surface area (Å²) in [6.45, 7) is 0. The molecule has 5 heteroatoms.